The Morgan fingerprint density at radius 3 is 3.00 bits per heavy atom. The second-order valence-electron chi connectivity index (χ2n) is 5.07. The van der Waals surface area contributed by atoms with Gasteiger partial charge in [0.25, 0.3) is 0 Å². The summed E-state index contributed by atoms with van der Waals surface area (Å²) in [4.78, 5) is 2.36. The van der Waals surface area contributed by atoms with E-state index in [0.29, 0.717) is 6.04 Å². The lowest BCUT2D eigenvalue weighted by atomic mass is 10.1. The van der Waals surface area contributed by atoms with Crippen molar-refractivity contribution in [3.63, 3.8) is 0 Å². The Morgan fingerprint density at radius 2 is 2.32 bits per heavy atom. The maximum Gasteiger partial charge on any atom is 0.0668 e. The van der Waals surface area contributed by atoms with Crippen LogP contribution in [0.5, 0.6) is 0 Å². The minimum absolute atomic E-state index is 0.411. The molecule has 2 rings (SSSR count). The highest BCUT2D eigenvalue weighted by Gasteiger charge is 2.19. The fourth-order valence-corrected chi connectivity index (χ4v) is 2.61. The highest BCUT2D eigenvalue weighted by molar-refractivity contribution is 6.31. The van der Waals surface area contributed by atoms with Gasteiger partial charge in [-0.25, -0.2) is 0 Å². The van der Waals surface area contributed by atoms with Gasteiger partial charge in [-0.2, -0.15) is 0 Å². The zero-order valence-electron chi connectivity index (χ0n) is 11.8. The average Bonchev–Trinajstić information content (AvgIpc) is 2.41. The molecule has 1 unspecified atom stereocenters. The van der Waals surface area contributed by atoms with Gasteiger partial charge in [0, 0.05) is 29.8 Å². The molecule has 1 aromatic carbocycles. The van der Waals surface area contributed by atoms with Crippen molar-refractivity contribution in [1.82, 2.24) is 5.32 Å². The van der Waals surface area contributed by atoms with Gasteiger partial charge in [0.15, 0.2) is 0 Å². The Balaban J connectivity index is 2.05. The fourth-order valence-electron chi connectivity index (χ4n) is 2.37. The molecule has 1 fully saturated rings. The largest absolute Gasteiger partial charge is 0.377 e. The monoisotopic (exact) mass is 282 g/mol. The van der Waals surface area contributed by atoms with Gasteiger partial charge in [-0.05, 0) is 37.6 Å². The zero-order valence-corrected chi connectivity index (χ0v) is 12.5. The quantitative estimate of drug-likeness (QED) is 0.840. The molecular formula is C15H23ClN2O. The predicted molar refractivity (Wildman–Crippen MR) is 81.1 cm³/mol. The lowest BCUT2D eigenvalue weighted by Crippen LogP contribution is -2.43. The molecule has 3 nitrogen and oxygen atoms in total. The highest BCUT2D eigenvalue weighted by atomic mass is 35.5. The van der Waals surface area contributed by atoms with Crippen molar-refractivity contribution in [3.05, 3.63) is 28.8 Å². The Bertz CT molecular complexity index is 411. The van der Waals surface area contributed by atoms with Crippen LogP contribution >= 0.6 is 11.6 Å². The Labute approximate surface area is 120 Å². The van der Waals surface area contributed by atoms with E-state index >= 15 is 0 Å². The molecule has 0 spiro atoms. The number of hydrogen-bond donors (Lipinski definition) is 1. The van der Waals surface area contributed by atoms with Gasteiger partial charge in [-0.3, -0.25) is 0 Å². The van der Waals surface area contributed by atoms with E-state index in [4.69, 9.17) is 16.3 Å². The van der Waals surface area contributed by atoms with E-state index < -0.39 is 0 Å². The maximum absolute atomic E-state index is 6.38. The normalized spacial score (nSPS) is 19.7. The first kappa shape index (κ1) is 14.6. The van der Waals surface area contributed by atoms with Crippen LogP contribution in [0.4, 0.5) is 5.69 Å². The van der Waals surface area contributed by atoms with E-state index in [9.17, 15) is 0 Å². The number of nitrogens with one attached hydrogen (secondary N) is 1. The van der Waals surface area contributed by atoms with E-state index in [1.54, 1.807) is 0 Å². The summed E-state index contributed by atoms with van der Waals surface area (Å²) >= 11 is 6.38. The first-order chi connectivity index (χ1) is 9.22. The molecule has 1 saturated heterocycles. The molecular weight excluding hydrogens is 260 g/mol. The molecule has 0 bridgehead atoms. The number of nitrogens with zero attached hydrogens (tertiary/aromatic N) is 1. The zero-order chi connectivity index (χ0) is 13.7. The molecule has 0 amide bonds. The summed E-state index contributed by atoms with van der Waals surface area (Å²) < 4.78 is 5.47. The fraction of sp³-hybridized carbons (Fsp3) is 0.600. The maximum atomic E-state index is 6.38. The molecule has 1 aliphatic rings. The van der Waals surface area contributed by atoms with Gasteiger partial charge in [0.05, 0.1) is 13.2 Å². The molecule has 1 N–H and O–H groups in total. The van der Waals surface area contributed by atoms with E-state index in [1.807, 2.05) is 0 Å². The first-order valence-corrected chi connectivity index (χ1v) is 7.43. The van der Waals surface area contributed by atoms with Gasteiger partial charge >= 0.3 is 0 Å². The van der Waals surface area contributed by atoms with Crippen molar-refractivity contribution in [2.75, 3.05) is 31.2 Å². The second kappa shape index (κ2) is 7.13. The summed E-state index contributed by atoms with van der Waals surface area (Å²) in [7, 11) is 0. The summed E-state index contributed by atoms with van der Waals surface area (Å²) in [6.45, 7) is 8.73. The third-order valence-corrected chi connectivity index (χ3v) is 3.83. The number of hydrogen-bond acceptors (Lipinski definition) is 3. The summed E-state index contributed by atoms with van der Waals surface area (Å²) in [6, 6.07) is 6.78. The van der Waals surface area contributed by atoms with Crippen molar-refractivity contribution < 1.29 is 4.74 Å². The lowest BCUT2D eigenvalue weighted by molar-refractivity contribution is 0.0989. The van der Waals surface area contributed by atoms with Crippen LogP contribution in [0.2, 0.25) is 5.02 Å². The molecule has 4 heteroatoms. The van der Waals surface area contributed by atoms with Gasteiger partial charge in [-0.1, -0.05) is 24.6 Å². The molecule has 106 valence electrons. The molecule has 1 heterocycles. The third-order valence-electron chi connectivity index (χ3n) is 3.48. The third kappa shape index (κ3) is 3.85. The van der Waals surface area contributed by atoms with E-state index in [-0.39, 0.29) is 0 Å². The summed E-state index contributed by atoms with van der Waals surface area (Å²) in [6.07, 6.45) is 1.14. The first-order valence-electron chi connectivity index (χ1n) is 7.06. The molecule has 0 aromatic heterocycles. The van der Waals surface area contributed by atoms with Crippen LogP contribution in [0.25, 0.3) is 0 Å². The molecule has 1 aliphatic heterocycles. The van der Waals surface area contributed by atoms with Gasteiger partial charge in [0.2, 0.25) is 0 Å². The number of benzene rings is 1. The summed E-state index contributed by atoms with van der Waals surface area (Å²) in [5, 5.41) is 4.23. The van der Waals surface area contributed by atoms with Crippen LogP contribution in [0.1, 0.15) is 25.8 Å². The average molecular weight is 283 g/mol. The molecule has 1 aromatic rings. The van der Waals surface area contributed by atoms with Crippen molar-refractivity contribution in [2.45, 2.75) is 32.9 Å². The Morgan fingerprint density at radius 1 is 1.47 bits per heavy atom. The minimum atomic E-state index is 0.411. The Kier molecular flexibility index (Phi) is 5.49. The molecule has 1 atom stereocenters. The van der Waals surface area contributed by atoms with Crippen LogP contribution in [-0.2, 0) is 11.3 Å². The van der Waals surface area contributed by atoms with Crippen molar-refractivity contribution in [3.8, 4) is 0 Å². The minimum Gasteiger partial charge on any atom is -0.377 e. The molecule has 0 radical (unpaired) electrons. The van der Waals surface area contributed by atoms with Gasteiger partial charge in [0.1, 0.15) is 0 Å². The van der Waals surface area contributed by atoms with Crippen molar-refractivity contribution in [2.24, 2.45) is 0 Å². The number of morpholine rings is 1. The van der Waals surface area contributed by atoms with Crippen molar-refractivity contribution in [1.29, 1.82) is 0 Å². The highest BCUT2D eigenvalue weighted by Crippen LogP contribution is 2.26. The molecule has 0 saturated carbocycles. The second-order valence-corrected chi connectivity index (χ2v) is 5.48. The topological polar surface area (TPSA) is 24.5 Å². The summed E-state index contributed by atoms with van der Waals surface area (Å²) in [5.74, 6) is 0. The van der Waals surface area contributed by atoms with Gasteiger partial charge in [-0.15, -0.1) is 0 Å². The SMILES string of the molecule is CCCNCc1ccc(N2CCOCC2C)cc1Cl. The number of rotatable bonds is 5. The van der Waals surface area contributed by atoms with Crippen LogP contribution < -0.4 is 10.2 Å². The van der Waals surface area contributed by atoms with Gasteiger partial charge < -0.3 is 15.0 Å². The van der Waals surface area contributed by atoms with E-state index in [0.717, 1.165) is 44.3 Å². The van der Waals surface area contributed by atoms with Crippen LogP contribution in [0.15, 0.2) is 18.2 Å². The smallest absolute Gasteiger partial charge is 0.0668 e. The summed E-state index contributed by atoms with van der Waals surface area (Å²) in [5.41, 5.74) is 2.36. The van der Waals surface area contributed by atoms with Crippen LogP contribution in [0, 0.1) is 0 Å². The molecule has 19 heavy (non-hydrogen) atoms. The van der Waals surface area contributed by atoms with Crippen LogP contribution in [0.3, 0.4) is 0 Å². The van der Waals surface area contributed by atoms with E-state index in [1.165, 1.54) is 11.3 Å². The number of ether oxygens (including phenoxy) is 1. The predicted octanol–water partition coefficient (Wildman–Crippen LogP) is 3.06. The van der Waals surface area contributed by atoms with Crippen molar-refractivity contribution >= 4 is 17.3 Å². The molecule has 0 aliphatic carbocycles. The standard InChI is InChI=1S/C15H23ClN2O/c1-3-6-17-10-13-4-5-14(9-15(13)16)18-7-8-19-11-12(18)2/h4-5,9,12,17H,3,6-8,10-11H2,1-2H3. The number of anilines is 1. The van der Waals surface area contributed by atoms with Crippen LogP contribution in [-0.4, -0.2) is 32.3 Å². The Hall–Kier alpha value is -0.770. The lowest BCUT2D eigenvalue weighted by Gasteiger charge is -2.35. The van der Waals surface area contributed by atoms with E-state index in [2.05, 4.69) is 42.3 Å². The number of halogens is 1.